The summed E-state index contributed by atoms with van der Waals surface area (Å²) in [4.78, 5) is 31.3. The van der Waals surface area contributed by atoms with Gasteiger partial charge >= 0.3 is 6.09 Å². The Labute approximate surface area is 196 Å². The van der Waals surface area contributed by atoms with Crippen LogP contribution in [0.25, 0.3) is 0 Å². The van der Waals surface area contributed by atoms with Gasteiger partial charge in [-0.2, -0.15) is 0 Å². The molecule has 4 fully saturated rings. The number of likely N-dealkylation sites (tertiary alicyclic amines) is 1. The molecule has 2 aliphatic heterocycles. The van der Waals surface area contributed by atoms with Crippen LogP contribution >= 0.6 is 0 Å². The molecule has 2 saturated carbocycles. The Kier molecular flexibility index (Phi) is 5.18. The fourth-order valence-corrected chi connectivity index (χ4v) is 7.06. The zero-order valence-corrected chi connectivity index (χ0v) is 20.3. The number of hydrogen-bond donors (Lipinski definition) is 0. The number of benzene rings is 1. The molecule has 2 saturated heterocycles. The Morgan fingerprint density at radius 1 is 1.06 bits per heavy atom. The molecule has 2 bridgehead atoms. The van der Waals surface area contributed by atoms with Gasteiger partial charge in [-0.1, -0.05) is 26.8 Å². The highest BCUT2D eigenvalue weighted by Crippen LogP contribution is 2.57. The van der Waals surface area contributed by atoms with Crippen LogP contribution in [0.5, 0.6) is 0 Å². The van der Waals surface area contributed by atoms with E-state index in [1.165, 1.54) is 7.11 Å². The molecule has 2 atom stereocenters. The molecule has 33 heavy (non-hydrogen) atoms. The summed E-state index contributed by atoms with van der Waals surface area (Å²) in [5.74, 6) is -0.158. The van der Waals surface area contributed by atoms with Gasteiger partial charge in [-0.3, -0.25) is 4.79 Å². The van der Waals surface area contributed by atoms with Gasteiger partial charge in [0.25, 0.3) is 0 Å². The molecule has 2 unspecified atom stereocenters. The molecule has 4 aliphatic rings. The van der Waals surface area contributed by atoms with E-state index < -0.39 is 5.41 Å². The predicted octanol–water partition coefficient (Wildman–Crippen LogP) is 4.17. The van der Waals surface area contributed by atoms with Crippen LogP contribution in [0.4, 0.5) is 14.9 Å². The van der Waals surface area contributed by atoms with Crippen molar-refractivity contribution >= 4 is 17.7 Å². The number of carbonyl (C=O) groups is 2. The molecule has 0 N–H and O–H groups in total. The molecule has 6 nitrogen and oxygen atoms in total. The molecule has 2 amide bonds. The minimum Gasteiger partial charge on any atom is -0.453 e. The van der Waals surface area contributed by atoms with E-state index in [4.69, 9.17) is 4.74 Å². The molecule has 1 aromatic carbocycles. The number of carbonyl (C=O) groups excluding carboxylic acids is 2. The normalized spacial score (nSPS) is 29.7. The first-order valence-electron chi connectivity index (χ1n) is 12.2. The number of piperazine rings is 1. The summed E-state index contributed by atoms with van der Waals surface area (Å²) in [6.07, 6.45) is 4.36. The number of halogens is 1. The smallest absolute Gasteiger partial charge is 0.409 e. The van der Waals surface area contributed by atoms with Crippen LogP contribution in [0.1, 0.15) is 58.4 Å². The van der Waals surface area contributed by atoms with Crippen LogP contribution in [-0.4, -0.2) is 67.7 Å². The lowest BCUT2D eigenvalue weighted by Crippen LogP contribution is -2.48. The summed E-state index contributed by atoms with van der Waals surface area (Å²) < 4.78 is 20.2. The lowest BCUT2D eigenvalue weighted by molar-refractivity contribution is -0.135. The van der Waals surface area contributed by atoms with Crippen molar-refractivity contribution in [3.05, 3.63) is 29.6 Å². The van der Waals surface area contributed by atoms with Crippen molar-refractivity contribution in [2.45, 2.75) is 64.3 Å². The van der Waals surface area contributed by atoms with Crippen LogP contribution in [0, 0.1) is 16.6 Å². The number of rotatable bonds is 3. The lowest BCUT2D eigenvalue weighted by Gasteiger charge is -2.39. The fraction of sp³-hybridized carbons (Fsp3) is 0.692. The minimum absolute atomic E-state index is 0.132. The summed E-state index contributed by atoms with van der Waals surface area (Å²) >= 11 is 0. The summed E-state index contributed by atoms with van der Waals surface area (Å²) in [7, 11) is 1.38. The zero-order valence-electron chi connectivity index (χ0n) is 20.3. The quantitative estimate of drug-likeness (QED) is 0.684. The number of amides is 2. The summed E-state index contributed by atoms with van der Waals surface area (Å²) in [6, 6.07) is 5.61. The van der Waals surface area contributed by atoms with Crippen molar-refractivity contribution in [1.29, 1.82) is 0 Å². The number of ether oxygens (including phenoxy) is 1. The Balaban J connectivity index is 1.32. The highest BCUT2D eigenvalue weighted by molar-refractivity contribution is 5.92. The van der Waals surface area contributed by atoms with E-state index in [0.29, 0.717) is 31.7 Å². The van der Waals surface area contributed by atoms with E-state index in [1.807, 2.05) is 12.1 Å². The molecule has 1 aromatic rings. The second-order valence-corrected chi connectivity index (χ2v) is 11.8. The first-order valence-corrected chi connectivity index (χ1v) is 12.2. The standard InChI is InChI=1S/C26H36FN3O3/c1-24(2)14-19-15-25(3,16-24)17-30(19)22(31)26(7-8-26)20-6-5-18(13-21(20)27)28-9-11-29(12-10-28)23(32)33-4/h5-6,13,19H,7-12,14-17H2,1-4H3. The number of nitrogens with zero attached hydrogens (tertiary/aromatic N) is 3. The highest BCUT2D eigenvalue weighted by Gasteiger charge is 2.59. The lowest BCUT2D eigenvalue weighted by atomic mass is 9.65. The van der Waals surface area contributed by atoms with Gasteiger partial charge in [0.1, 0.15) is 5.82 Å². The van der Waals surface area contributed by atoms with Crippen molar-refractivity contribution in [2.75, 3.05) is 44.7 Å². The molecule has 2 aliphatic carbocycles. The third kappa shape index (κ3) is 3.87. The van der Waals surface area contributed by atoms with Gasteiger partial charge in [-0.05, 0) is 55.1 Å². The van der Waals surface area contributed by atoms with Gasteiger partial charge in [0.05, 0.1) is 12.5 Å². The van der Waals surface area contributed by atoms with Crippen molar-refractivity contribution < 1.29 is 18.7 Å². The maximum Gasteiger partial charge on any atom is 0.409 e. The van der Waals surface area contributed by atoms with E-state index in [9.17, 15) is 9.59 Å². The van der Waals surface area contributed by atoms with Gasteiger partial charge in [0.15, 0.2) is 0 Å². The molecule has 5 rings (SSSR count). The van der Waals surface area contributed by atoms with Crippen molar-refractivity contribution in [3.63, 3.8) is 0 Å². The first-order chi connectivity index (χ1) is 15.6. The van der Waals surface area contributed by atoms with E-state index >= 15 is 4.39 Å². The predicted molar refractivity (Wildman–Crippen MR) is 125 cm³/mol. The van der Waals surface area contributed by atoms with Gasteiger partial charge in [-0.15, -0.1) is 0 Å². The molecular weight excluding hydrogens is 421 g/mol. The SMILES string of the molecule is COC(=O)N1CCN(c2ccc(C3(C(=O)N4CC5(C)CC4CC(C)(C)C5)CC3)c(F)c2)CC1. The van der Waals surface area contributed by atoms with Crippen molar-refractivity contribution in [2.24, 2.45) is 10.8 Å². The molecule has 180 valence electrons. The number of anilines is 1. The fourth-order valence-electron chi connectivity index (χ4n) is 7.06. The second-order valence-electron chi connectivity index (χ2n) is 11.8. The molecular formula is C26H36FN3O3. The maximum atomic E-state index is 15.4. The first kappa shape index (κ1) is 22.5. The molecule has 0 radical (unpaired) electrons. The molecule has 2 heterocycles. The molecule has 7 heteroatoms. The zero-order chi connectivity index (χ0) is 23.6. The van der Waals surface area contributed by atoms with Crippen LogP contribution in [0.15, 0.2) is 18.2 Å². The average Bonchev–Trinajstić information content (AvgIpc) is 3.52. The van der Waals surface area contributed by atoms with E-state index in [2.05, 4.69) is 30.6 Å². The Bertz CT molecular complexity index is 968. The van der Waals surface area contributed by atoms with Crippen molar-refractivity contribution in [1.82, 2.24) is 9.80 Å². The second kappa shape index (κ2) is 7.60. The van der Waals surface area contributed by atoms with E-state index in [0.717, 1.165) is 44.3 Å². The Hall–Kier alpha value is -2.31. The van der Waals surface area contributed by atoms with E-state index in [1.54, 1.807) is 11.0 Å². The Morgan fingerprint density at radius 2 is 1.76 bits per heavy atom. The van der Waals surface area contributed by atoms with Crippen LogP contribution in [0.3, 0.4) is 0 Å². The topological polar surface area (TPSA) is 53.1 Å². The van der Waals surface area contributed by atoms with Gasteiger partial charge in [0, 0.05) is 50.0 Å². The van der Waals surface area contributed by atoms with Gasteiger partial charge in [-0.25, -0.2) is 9.18 Å². The van der Waals surface area contributed by atoms with Crippen LogP contribution < -0.4 is 4.90 Å². The van der Waals surface area contributed by atoms with Gasteiger partial charge < -0.3 is 19.4 Å². The summed E-state index contributed by atoms with van der Waals surface area (Å²) in [5, 5.41) is 0. The number of hydrogen-bond acceptors (Lipinski definition) is 4. The highest BCUT2D eigenvalue weighted by atomic mass is 19.1. The van der Waals surface area contributed by atoms with E-state index in [-0.39, 0.29) is 34.7 Å². The minimum atomic E-state index is -0.690. The largest absolute Gasteiger partial charge is 0.453 e. The van der Waals surface area contributed by atoms with Gasteiger partial charge in [0.2, 0.25) is 5.91 Å². The molecule has 0 aromatic heterocycles. The monoisotopic (exact) mass is 457 g/mol. The van der Waals surface area contributed by atoms with Crippen molar-refractivity contribution in [3.8, 4) is 0 Å². The summed E-state index contributed by atoms with van der Waals surface area (Å²) in [5.41, 5.74) is 1.08. The average molecular weight is 458 g/mol. The third-order valence-electron chi connectivity index (χ3n) is 8.38. The van der Waals surface area contributed by atoms with Crippen LogP contribution in [0.2, 0.25) is 0 Å². The maximum absolute atomic E-state index is 15.4. The number of fused-ring (bicyclic) bond motifs is 2. The Morgan fingerprint density at radius 3 is 2.36 bits per heavy atom. The number of methoxy groups -OCH3 is 1. The third-order valence-corrected chi connectivity index (χ3v) is 8.38. The summed E-state index contributed by atoms with van der Waals surface area (Å²) in [6.45, 7) is 10.1. The van der Waals surface area contributed by atoms with Crippen LogP contribution in [-0.2, 0) is 14.9 Å². The molecule has 0 spiro atoms.